The number of rotatable bonds is 3. The number of nitrogen functional groups attached to an aromatic ring is 1. The molecule has 2 nitrogen and oxygen atoms in total. The van der Waals surface area contributed by atoms with Crippen LogP contribution in [0.25, 0.3) is 0 Å². The van der Waals surface area contributed by atoms with Gasteiger partial charge in [-0.05, 0) is 12.1 Å². The summed E-state index contributed by atoms with van der Waals surface area (Å²) < 4.78 is 18.8. The minimum absolute atomic E-state index is 0.0723. The molecule has 0 fully saturated rings. The normalized spacial score (nSPS) is 9.69. The van der Waals surface area contributed by atoms with Gasteiger partial charge in [-0.15, -0.1) is 0 Å². The lowest BCUT2D eigenvalue weighted by Crippen LogP contribution is -2.00. The van der Waals surface area contributed by atoms with E-state index < -0.39 is 5.82 Å². The Morgan fingerprint density at radius 3 is 2.85 bits per heavy atom. The maximum atomic E-state index is 13.2. The van der Waals surface area contributed by atoms with Crippen molar-refractivity contribution in [1.29, 1.82) is 0 Å². The van der Waals surface area contributed by atoms with Gasteiger partial charge >= 0.3 is 0 Å². The van der Waals surface area contributed by atoms with Crippen LogP contribution in [0.3, 0.4) is 0 Å². The molecule has 0 aliphatic rings. The van der Waals surface area contributed by atoms with Gasteiger partial charge in [0.05, 0.1) is 5.69 Å². The van der Waals surface area contributed by atoms with E-state index in [1.54, 1.807) is 6.07 Å². The van der Waals surface area contributed by atoms with Gasteiger partial charge in [0.2, 0.25) is 0 Å². The van der Waals surface area contributed by atoms with Crippen molar-refractivity contribution in [2.24, 2.45) is 0 Å². The van der Waals surface area contributed by atoms with E-state index in [0.29, 0.717) is 4.47 Å². The number of benzene rings is 1. The van der Waals surface area contributed by atoms with Crippen molar-refractivity contribution >= 4 is 21.6 Å². The number of anilines is 1. The highest BCUT2D eigenvalue weighted by atomic mass is 79.9. The van der Waals surface area contributed by atoms with Gasteiger partial charge < -0.3 is 10.5 Å². The summed E-state index contributed by atoms with van der Waals surface area (Å²) in [4.78, 5) is 0. The number of halogens is 2. The molecule has 0 spiro atoms. The van der Waals surface area contributed by atoms with E-state index in [1.165, 1.54) is 12.1 Å². The monoisotopic (exact) mass is 245 g/mol. The van der Waals surface area contributed by atoms with E-state index in [1.807, 2.05) is 0 Å². The zero-order valence-electron chi connectivity index (χ0n) is 6.89. The Morgan fingerprint density at radius 2 is 2.31 bits per heavy atom. The fraction of sp³-hybridized carbons (Fsp3) is 0.111. The van der Waals surface area contributed by atoms with E-state index >= 15 is 0 Å². The van der Waals surface area contributed by atoms with Crippen LogP contribution >= 0.6 is 15.9 Å². The molecule has 13 heavy (non-hydrogen) atoms. The van der Waals surface area contributed by atoms with Gasteiger partial charge in [0.15, 0.2) is 11.6 Å². The molecular formula is C9H9BrFNO. The van der Waals surface area contributed by atoms with Crippen LogP contribution in [-0.4, -0.2) is 6.61 Å². The second-order valence-electron chi connectivity index (χ2n) is 2.41. The summed E-state index contributed by atoms with van der Waals surface area (Å²) in [6.45, 7) is 3.69. The molecule has 0 heterocycles. The Hall–Kier alpha value is -1.03. The second-order valence-corrected chi connectivity index (χ2v) is 3.32. The first kappa shape index (κ1) is 10.1. The van der Waals surface area contributed by atoms with Gasteiger partial charge in [0.1, 0.15) is 6.61 Å². The fourth-order valence-corrected chi connectivity index (χ4v) is 1.32. The highest BCUT2D eigenvalue weighted by Gasteiger charge is 2.08. The lowest BCUT2D eigenvalue weighted by Gasteiger charge is -2.07. The molecule has 0 amide bonds. The Morgan fingerprint density at radius 1 is 1.62 bits per heavy atom. The molecule has 0 bridgehead atoms. The molecule has 70 valence electrons. The van der Waals surface area contributed by atoms with Crippen LogP contribution < -0.4 is 10.5 Å². The summed E-state index contributed by atoms with van der Waals surface area (Å²) in [5, 5.41) is 0. The zero-order chi connectivity index (χ0) is 9.84. The summed E-state index contributed by atoms with van der Waals surface area (Å²) >= 11 is 3.12. The molecule has 0 saturated heterocycles. The Kier molecular flexibility index (Phi) is 3.31. The molecule has 4 heteroatoms. The number of nitrogens with two attached hydrogens (primary N) is 1. The highest BCUT2D eigenvalue weighted by molar-refractivity contribution is 9.10. The highest BCUT2D eigenvalue weighted by Crippen LogP contribution is 2.29. The van der Waals surface area contributed by atoms with E-state index in [4.69, 9.17) is 10.5 Å². The summed E-state index contributed by atoms with van der Waals surface area (Å²) in [6, 6.07) is 2.89. The van der Waals surface area contributed by atoms with Crippen LogP contribution in [-0.2, 0) is 0 Å². The number of hydrogen-bond donors (Lipinski definition) is 1. The van der Waals surface area contributed by atoms with Gasteiger partial charge in [-0.3, -0.25) is 0 Å². The van der Waals surface area contributed by atoms with Crippen molar-refractivity contribution < 1.29 is 9.13 Å². The SMILES string of the molecule is C=CCOc1c(N)cc(Br)cc1F. The third-order valence-electron chi connectivity index (χ3n) is 1.38. The first-order chi connectivity index (χ1) is 6.15. The third kappa shape index (κ3) is 2.45. The molecule has 1 rings (SSSR count). The van der Waals surface area contributed by atoms with Crippen molar-refractivity contribution in [3.05, 3.63) is 35.1 Å². The van der Waals surface area contributed by atoms with Crippen molar-refractivity contribution in [1.82, 2.24) is 0 Å². The van der Waals surface area contributed by atoms with Crippen LogP contribution in [0.4, 0.5) is 10.1 Å². The Balaban J connectivity index is 2.98. The van der Waals surface area contributed by atoms with Gasteiger partial charge in [0, 0.05) is 4.47 Å². The van der Waals surface area contributed by atoms with E-state index in [2.05, 4.69) is 22.5 Å². The molecule has 0 saturated carbocycles. The van der Waals surface area contributed by atoms with Crippen molar-refractivity contribution in [3.63, 3.8) is 0 Å². The molecule has 1 aromatic rings. The van der Waals surface area contributed by atoms with E-state index in [9.17, 15) is 4.39 Å². The number of hydrogen-bond acceptors (Lipinski definition) is 2. The summed E-state index contributed by atoms with van der Waals surface area (Å²) in [5.41, 5.74) is 5.81. The summed E-state index contributed by atoms with van der Waals surface area (Å²) in [6.07, 6.45) is 1.53. The minimum atomic E-state index is -0.478. The van der Waals surface area contributed by atoms with Crippen molar-refractivity contribution in [2.75, 3.05) is 12.3 Å². The topological polar surface area (TPSA) is 35.2 Å². The molecular weight excluding hydrogens is 237 g/mol. The van der Waals surface area contributed by atoms with Crippen LogP contribution in [0.15, 0.2) is 29.3 Å². The predicted octanol–water partition coefficient (Wildman–Crippen LogP) is 2.74. The second kappa shape index (κ2) is 4.28. The first-order valence-corrected chi connectivity index (χ1v) is 4.42. The average Bonchev–Trinajstić information content (AvgIpc) is 2.02. The molecule has 0 unspecified atom stereocenters. The van der Waals surface area contributed by atoms with Crippen LogP contribution in [0.5, 0.6) is 5.75 Å². The van der Waals surface area contributed by atoms with E-state index in [0.717, 1.165) is 0 Å². The first-order valence-electron chi connectivity index (χ1n) is 3.63. The van der Waals surface area contributed by atoms with Crippen LogP contribution in [0, 0.1) is 5.82 Å². The minimum Gasteiger partial charge on any atom is -0.484 e. The molecule has 0 aliphatic heterocycles. The Bertz CT molecular complexity index is 304. The molecule has 2 N–H and O–H groups in total. The maximum absolute atomic E-state index is 13.2. The standard InChI is InChI=1S/C9H9BrFNO/c1-2-3-13-9-7(11)4-6(10)5-8(9)12/h2,4-5H,1,3,12H2. The Labute approximate surface area is 84.3 Å². The largest absolute Gasteiger partial charge is 0.484 e. The summed E-state index contributed by atoms with van der Waals surface area (Å²) in [5.74, 6) is -0.406. The van der Waals surface area contributed by atoms with Gasteiger partial charge in [-0.25, -0.2) is 4.39 Å². The van der Waals surface area contributed by atoms with Gasteiger partial charge in [0.25, 0.3) is 0 Å². The molecule has 0 aromatic heterocycles. The fourth-order valence-electron chi connectivity index (χ4n) is 0.875. The quantitative estimate of drug-likeness (QED) is 0.657. The zero-order valence-corrected chi connectivity index (χ0v) is 8.47. The van der Waals surface area contributed by atoms with Gasteiger partial charge in [-0.2, -0.15) is 0 Å². The predicted molar refractivity (Wildman–Crippen MR) is 54.2 cm³/mol. The van der Waals surface area contributed by atoms with Gasteiger partial charge in [-0.1, -0.05) is 28.6 Å². The maximum Gasteiger partial charge on any atom is 0.178 e. The third-order valence-corrected chi connectivity index (χ3v) is 1.84. The van der Waals surface area contributed by atoms with Crippen molar-refractivity contribution in [3.8, 4) is 5.75 Å². The lowest BCUT2D eigenvalue weighted by molar-refractivity contribution is 0.344. The van der Waals surface area contributed by atoms with Crippen LogP contribution in [0.1, 0.15) is 0 Å². The molecule has 0 aliphatic carbocycles. The van der Waals surface area contributed by atoms with E-state index in [-0.39, 0.29) is 18.0 Å². The van der Waals surface area contributed by atoms with Crippen molar-refractivity contribution in [2.45, 2.75) is 0 Å². The smallest absolute Gasteiger partial charge is 0.178 e. The number of ether oxygens (including phenoxy) is 1. The average molecular weight is 246 g/mol. The summed E-state index contributed by atoms with van der Waals surface area (Å²) in [7, 11) is 0. The molecule has 1 aromatic carbocycles. The lowest BCUT2D eigenvalue weighted by atomic mass is 10.3. The molecule has 0 atom stereocenters. The molecule has 0 radical (unpaired) electrons. The van der Waals surface area contributed by atoms with Crippen LogP contribution in [0.2, 0.25) is 0 Å².